The van der Waals surface area contributed by atoms with Gasteiger partial charge in [0.2, 0.25) is 0 Å². The molecule has 0 aliphatic heterocycles. The van der Waals surface area contributed by atoms with Crippen LogP contribution in [0, 0.1) is 5.92 Å². The first-order chi connectivity index (χ1) is 20.1. The van der Waals surface area contributed by atoms with Crippen LogP contribution in [0.2, 0.25) is 0 Å². The largest absolute Gasteiger partial charge is 0.435 e. The highest BCUT2D eigenvalue weighted by Gasteiger charge is 2.23. The van der Waals surface area contributed by atoms with Crippen LogP contribution in [0.1, 0.15) is 50.3 Å². The van der Waals surface area contributed by atoms with Crippen LogP contribution in [0.3, 0.4) is 0 Å². The van der Waals surface area contributed by atoms with E-state index in [0.717, 1.165) is 73.5 Å². The lowest BCUT2D eigenvalue weighted by atomic mass is 9.93. The number of halogens is 2. The Morgan fingerprint density at radius 1 is 0.902 bits per heavy atom. The van der Waals surface area contributed by atoms with Gasteiger partial charge in [0.25, 0.3) is 0 Å². The number of allylic oxidation sites excluding steroid dienone is 2. The van der Waals surface area contributed by atoms with Gasteiger partial charge in [0.1, 0.15) is 11.6 Å². The molecule has 1 aliphatic rings. The lowest BCUT2D eigenvalue weighted by Crippen LogP contribution is -2.30. The van der Waals surface area contributed by atoms with Gasteiger partial charge in [0.05, 0.1) is 11.4 Å². The van der Waals surface area contributed by atoms with E-state index >= 15 is 0 Å². The molecule has 0 bridgehead atoms. The van der Waals surface area contributed by atoms with Crippen molar-refractivity contribution in [3.05, 3.63) is 108 Å². The average Bonchev–Trinajstić information content (AvgIpc) is 3.36. The quantitative estimate of drug-likeness (QED) is 0.154. The highest BCUT2D eigenvalue weighted by Crippen LogP contribution is 2.32. The summed E-state index contributed by atoms with van der Waals surface area (Å²) in [5, 5.41) is 0. The van der Waals surface area contributed by atoms with E-state index in [2.05, 4.69) is 81.8 Å². The monoisotopic (exact) mass is 555 g/mol. The molecule has 1 heterocycles. The summed E-state index contributed by atoms with van der Waals surface area (Å²) in [6, 6.07) is 28.0. The van der Waals surface area contributed by atoms with Crippen molar-refractivity contribution in [1.29, 1.82) is 0 Å². The van der Waals surface area contributed by atoms with Crippen molar-refractivity contribution >= 4 is 0 Å². The second kappa shape index (κ2) is 14.2. The number of alkyl halides is 2. The van der Waals surface area contributed by atoms with Crippen molar-refractivity contribution < 1.29 is 13.5 Å². The smallest absolute Gasteiger partial charge is 0.387 e. The van der Waals surface area contributed by atoms with Crippen molar-refractivity contribution in [1.82, 2.24) is 14.5 Å². The van der Waals surface area contributed by atoms with Gasteiger partial charge >= 0.3 is 6.61 Å². The lowest BCUT2D eigenvalue weighted by Gasteiger charge is -2.29. The summed E-state index contributed by atoms with van der Waals surface area (Å²) in [6.45, 7) is 2.70. The fourth-order valence-electron chi connectivity index (χ4n) is 5.66. The van der Waals surface area contributed by atoms with E-state index in [9.17, 15) is 8.78 Å². The molecular formula is C35H39F2N3O. The molecule has 0 radical (unpaired) electrons. The van der Waals surface area contributed by atoms with E-state index in [1.165, 1.54) is 12.1 Å². The van der Waals surface area contributed by atoms with Crippen LogP contribution < -0.4 is 4.74 Å². The first-order valence-electron chi connectivity index (χ1n) is 14.7. The SMILES string of the molecule is CCCCn1c(-c2ccccc2)nc(-c2ccccc2)c1CN(Cc1ccc(OC(F)F)cc1)CC1CC=CCC1. The molecule has 0 saturated carbocycles. The molecule has 1 unspecified atom stereocenters. The molecule has 3 aromatic carbocycles. The molecule has 6 heteroatoms. The Hall–Kier alpha value is -3.77. The normalized spacial score (nSPS) is 15.1. The van der Waals surface area contributed by atoms with E-state index in [1.54, 1.807) is 12.1 Å². The van der Waals surface area contributed by atoms with Gasteiger partial charge in [-0.2, -0.15) is 8.78 Å². The molecule has 41 heavy (non-hydrogen) atoms. The molecule has 0 amide bonds. The van der Waals surface area contributed by atoms with Crippen molar-refractivity contribution in [2.24, 2.45) is 5.92 Å². The number of nitrogens with zero attached hydrogens (tertiary/aromatic N) is 3. The maximum absolute atomic E-state index is 12.7. The molecule has 0 N–H and O–H groups in total. The second-order valence-electron chi connectivity index (χ2n) is 10.8. The zero-order valence-corrected chi connectivity index (χ0v) is 23.8. The molecule has 4 aromatic rings. The Kier molecular flexibility index (Phi) is 9.97. The predicted octanol–water partition coefficient (Wildman–Crippen LogP) is 8.98. The van der Waals surface area contributed by atoms with Crippen LogP contribution in [0.15, 0.2) is 97.1 Å². The molecule has 0 spiro atoms. The number of hydrogen-bond acceptors (Lipinski definition) is 3. The average molecular weight is 556 g/mol. The standard InChI is InChI=1S/C35H39F2N3O/c1-2-3-23-40-32(33(29-15-9-5-10-16-29)38-34(40)30-17-11-6-12-18-30)26-39(24-27-13-7-4-8-14-27)25-28-19-21-31(22-20-28)41-35(36)37/h4-7,9-12,15-22,27,35H,2-3,8,13-14,23-26H2,1H3. The van der Waals surface area contributed by atoms with Crippen LogP contribution >= 0.6 is 0 Å². The summed E-state index contributed by atoms with van der Waals surface area (Å²) in [5.74, 6) is 1.76. The first kappa shape index (κ1) is 28.7. The van der Waals surface area contributed by atoms with Crippen molar-refractivity contribution in [2.45, 2.75) is 65.3 Å². The summed E-state index contributed by atoms with van der Waals surface area (Å²) in [7, 11) is 0. The number of benzene rings is 3. The van der Waals surface area contributed by atoms with Crippen molar-refractivity contribution in [2.75, 3.05) is 6.54 Å². The third-order valence-corrected chi connectivity index (χ3v) is 7.71. The fraction of sp³-hybridized carbons (Fsp3) is 0.343. The van der Waals surface area contributed by atoms with E-state index in [0.29, 0.717) is 12.5 Å². The molecule has 5 rings (SSSR count). The van der Waals surface area contributed by atoms with Gasteiger partial charge < -0.3 is 9.30 Å². The summed E-state index contributed by atoms with van der Waals surface area (Å²) in [5.41, 5.74) is 5.54. The maximum Gasteiger partial charge on any atom is 0.387 e. The Labute approximate surface area is 242 Å². The van der Waals surface area contributed by atoms with Gasteiger partial charge in [-0.1, -0.05) is 98.3 Å². The summed E-state index contributed by atoms with van der Waals surface area (Å²) in [4.78, 5) is 7.79. The third kappa shape index (κ3) is 7.70. The number of unbranched alkanes of at least 4 members (excludes halogenated alkanes) is 1. The van der Waals surface area contributed by atoms with Gasteiger partial charge in [-0.25, -0.2) is 4.98 Å². The minimum absolute atomic E-state index is 0.184. The number of rotatable bonds is 13. The van der Waals surface area contributed by atoms with Crippen molar-refractivity contribution in [3.8, 4) is 28.4 Å². The Morgan fingerprint density at radius 2 is 1.61 bits per heavy atom. The zero-order chi connectivity index (χ0) is 28.4. The maximum atomic E-state index is 12.7. The van der Waals surface area contributed by atoms with Gasteiger partial charge in [0, 0.05) is 37.3 Å². The third-order valence-electron chi connectivity index (χ3n) is 7.71. The molecule has 4 nitrogen and oxygen atoms in total. The fourth-order valence-corrected chi connectivity index (χ4v) is 5.66. The second-order valence-corrected chi connectivity index (χ2v) is 10.8. The molecule has 0 fully saturated rings. The molecule has 1 atom stereocenters. The Morgan fingerprint density at radius 3 is 2.24 bits per heavy atom. The topological polar surface area (TPSA) is 30.3 Å². The summed E-state index contributed by atoms with van der Waals surface area (Å²) >= 11 is 0. The zero-order valence-electron chi connectivity index (χ0n) is 23.8. The lowest BCUT2D eigenvalue weighted by molar-refractivity contribution is -0.0498. The van der Waals surface area contributed by atoms with Gasteiger partial charge in [-0.05, 0) is 49.3 Å². The van der Waals surface area contributed by atoms with Crippen LogP contribution in [-0.4, -0.2) is 27.6 Å². The van der Waals surface area contributed by atoms with Crippen LogP contribution in [0.4, 0.5) is 8.78 Å². The first-order valence-corrected chi connectivity index (χ1v) is 14.7. The van der Waals surface area contributed by atoms with Crippen LogP contribution in [0.25, 0.3) is 22.6 Å². The molecule has 214 valence electrons. The van der Waals surface area contributed by atoms with Crippen LogP contribution in [-0.2, 0) is 19.6 Å². The number of hydrogen-bond donors (Lipinski definition) is 0. The van der Waals surface area contributed by atoms with E-state index in [4.69, 9.17) is 4.98 Å². The van der Waals surface area contributed by atoms with E-state index < -0.39 is 6.61 Å². The highest BCUT2D eigenvalue weighted by molar-refractivity contribution is 5.68. The van der Waals surface area contributed by atoms with E-state index in [1.807, 2.05) is 24.3 Å². The van der Waals surface area contributed by atoms with Gasteiger partial charge in [0.15, 0.2) is 0 Å². The predicted molar refractivity (Wildman–Crippen MR) is 162 cm³/mol. The molecule has 1 aromatic heterocycles. The minimum Gasteiger partial charge on any atom is -0.435 e. The van der Waals surface area contributed by atoms with Gasteiger partial charge in [-0.15, -0.1) is 0 Å². The highest BCUT2D eigenvalue weighted by atomic mass is 19.3. The Balaban J connectivity index is 1.53. The summed E-state index contributed by atoms with van der Waals surface area (Å²) < 4.78 is 32.4. The van der Waals surface area contributed by atoms with Crippen molar-refractivity contribution in [3.63, 3.8) is 0 Å². The van der Waals surface area contributed by atoms with Gasteiger partial charge in [-0.3, -0.25) is 4.90 Å². The molecule has 1 aliphatic carbocycles. The summed E-state index contributed by atoms with van der Waals surface area (Å²) in [6.07, 6.45) is 10.1. The number of ether oxygens (including phenoxy) is 1. The molecule has 0 saturated heterocycles. The number of imidazole rings is 1. The minimum atomic E-state index is -2.82. The van der Waals surface area contributed by atoms with Crippen LogP contribution in [0.5, 0.6) is 5.75 Å². The van der Waals surface area contributed by atoms with E-state index in [-0.39, 0.29) is 5.75 Å². The number of aromatic nitrogens is 2. The molecular weight excluding hydrogens is 516 g/mol. The Bertz CT molecular complexity index is 1380.